The van der Waals surface area contributed by atoms with E-state index in [-0.39, 0.29) is 5.91 Å². The number of benzene rings is 2. The lowest BCUT2D eigenvalue weighted by Gasteiger charge is -2.20. The van der Waals surface area contributed by atoms with Gasteiger partial charge in [-0.15, -0.1) is 0 Å². The maximum atomic E-state index is 13.3. The Hall–Kier alpha value is -2.86. The molecule has 146 valence electrons. The van der Waals surface area contributed by atoms with Gasteiger partial charge >= 0.3 is 5.69 Å². The number of halogens is 1. The second kappa shape index (κ2) is 8.02. The number of hydrogen-bond acceptors (Lipinski definition) is 3. The molecule has 1 aromatic heterocycles. The molecule has 0 saturated carbocycles. The minimum atomic E-state index is -0.809. The van der Waals surface area contributed by atoms with Gasteiger partial charge in [-0.1, -0.05) is 30.7 Å². The highest BCUT2D eigenvalue weighted by molar-refractivity contribution is 6.31. The average Bonchev–Trinajstić information content (AvgIpc) is 2.66. The van der Waals surface area contributed by atoms with Gasteiger partial charge in [-0.2, -0.15) is 0 Å². The third-order valence-corrected chi connectivity index (χ3v) is 4.86. The van der Waals surface area contributed by atoms with Gasteiger partial charge in [-0.3, -0.25) is 14.2 Å². The summed E-state index contributed by atoms with van der Waals surface area (Å²) in [6.07, 6.45) is 0.780. The summed E-state index contributed by atoms with van der Waals surface area (Å²) >= 11 is 6.12. The molecule has 1 N–H and O–H groups in total. The minimum Gasteiger partial charge on any atom is -0.354 e. The molecule has 0 aliphatic heterocycles. The lowest BCUT2D eigenvalue weighted by molar-refractivity contribution is -0.123. The molecule has 0 bridgehead atoms. The van der Waals surface area contributed by atoms with Crippen molar-refractivity contribution in [2.75, 3.05) is 6.54 Å². The summed E-state index contributed by atoms with van der Waals surface area (Å²) in [6.45, 7) is 5.98. The van der Waals surface area contributed by atoms with Crippen LogP contribution in [0.5, 0.6) is 0 Å². The van der Waals surface area contributed by atoms with E-state index < -0.39 is 17.3 Å². The molecular formula is C21H22ClN3O3. The van der Waals surface area contributed by atoms with Crippen molar-refractivity contribution in [3.05, 3.63) is 73.9 Å². The second-order valence-electron chi connectivity index (χ2n) is 6.76. The summed E-state index contributed by atoms with van der Waals surface area (Å²) in [5.74, 6) is -0.292. The number of nitrogens with zero attached hydrogens (tertiary/aromatic N) is 2. The third-order valence-electron chi connectivity index (χ3n) is 4.63. The SMILES string of the molecule is CCCNC(=O)C(C)n1c(=O)n(-c2cccc(C)c2)c(=O)c2ccc(Cl)cc21. The quantitative estimate of drug-likeness (QED) is 0.716. The van der Waals surface area contributed by atoms with Crippen molar-refractivity contribution in [1.29, 1.82) is 0 Å². The van der Waals surface area contributed by atoms with Gasteiger partial charge < -0.3 is 5.32 Å². The number of rotatable bonds is 5. The highest BCUT2D eigenvalue weighted by atomic mass is 35.5. The zero-order valence-electron chi connectivity index (χ0n) is 16.0. The van der Waals surface area contributed by atoms with Crippen molar-refractivity contribution < 1.29 is 4.79 Å². The monoisotopic (exact) mass is 399 g/mol. The standard InChI is InChI=1S/C21H22ClN3O3/c1-4-10-23-19(26)14(3)24-18-12-15(22)8-9-17(18)20(27)25(21(24)28)16-7-5-6-13(2)11-16/h5-9,11-12,14H,4,10H2,1-3H3,(H,23,26). The number of nitrogens with one attached hydrogen (secondary N) is 1. The van der Waals surface area contributed by atoms with Crippen LogP contribution >= 0.6 is 11.6 Å². The first-order valence-corrected chi connectivity index (χ1v) is 9.54. The lowest BCUT2D eigenvalue weighted by atomic mass is 10.2. The first kappa shape index (κ1) is 19.9. The van der Waals surface area contributed by atoms with Crippen LogP contribution in [-0.4, -0.2) is 21.6 Å². The van der Waals surface area contributed by atoms with E-state index in [4.69, 9.17) is 11.6 Å². The molecule has 3 aromatic rings. The topological polar surface area (TPSA) is 73.1 Å². The smallest absolute Gasteiger partial charge is 0.336 e. The van der Waals surface area contributed by atoms with Gasteiger partial charge in [0.25, 0.3) is 5.56 Å². The molecule has 28 heavy (non-hydrogen) atoms. The van der Waals surface area contributed by atoms with Crippen LogP contribution in [0.1, 0.15) is 31.9 Å². The van der Waals surface area contributed by atoms with Crippen molar-refractivity contribution in [1.82, 2.24) is 14.5 Å². The van der Waals surface area contributed by atoms with Gasteiger partial charge in [-0.05, 0) is 56.2 Å². The van der Waals surface area contributed by atoms with Crippen LogP contribution in [0.3, 0.4) is 0 Å². The second-order valence-corrected chi connectivity index (χ2v) is 7.20. The molecule has 1 amide bonds. The Labute approximate surface area is 167 Å². The van der Waals surface area contributed by atoms with Gasteiger partial charge in [0.1, 0.15) is 6.04 Å². The number of hydrogen-bond donors (Lipinski definition) is 1. The number of aryl methyl sites for hydroxylation is 1. The van der Waals surface area contributed by atoms with Gasteiger partial charge in [0.05, 0.1) is 16.6 Å². The van der Waals surface area contributed by atoms with Crippen LogP contribution in [0, 0.1) is 6.92 Å². The molecule has 0 spiro atoms. The van der Waals surface area contributed by atoms with E-state index >= 15 is 0 Å². The molecule has 0 fully saturated rings. The first-order chi connectivity index (χ1) is 13.3. The van der Waals surface area contributed by atoms with Crippen molar-refractivity contribution >= 4 is 28.4 Å². The molecular weight excluding hydrogens is 378 g/mol. The molecule has 1 heterocycles. The average molecular weight is 400 g/mol. The fourth-order valence-electron chi connectivity index (χ4n) is 3.19. The van der Waals surface area contributed by atoms with Gasteiger partial charge in [0.15, 0.2) is 0 Å². The zero-order chi connectivity index (χ0) is 20.4. The summed E-state index contributed by atoms with van der Waals surface area (Å²) in [6, 6.07) is 11.0. The maximum Gasteiger partial charge on any atom is 0.336 e. The predicted octanol–water partition coefficient (Wildman–Crippen LogP) is 3.20. The molecule has 1 atom stereocenters. The zero-order valence-corrected chi connectivity index (χ0v) is 16.8. The first-order valence-electron chi connectivity index (χ1n) is 9.16. The molecule has 0 saturated heterocycles. The Morgan fingerprint density at radius 1 is 1.18 bits per heavy atom. The Morgan fingerprint density at radius 2 is 1.93 bits per heavy atom. The summed E-state index contributed by atoms with van der Waals surface area (Å²) in [4.78, 5) is 39.0. The largest absolute Gasteiger partial charge is 0.354 e. The minimum absolute atomic E-state index is 0.292. The van der Waals surface area contributed by atoms with E-state index in [2.05, 4.69) is 5.32 Å². The lowest BCUT2D eigenvalue weighted by Crippen LogP contribution is -2.43. The predicted molar refractivity (Wildman–Crippen MR) is 112 cm³/mol. The number of carbonyl (C=O) groups excluding carboxylic acids is 1. The number of aromatic nitrogens is 2. The summed E-state index contributed by atoms with van der Waals surface area (Å²) in [7, 11) is 0. The van der Waals surface area contributed by atoms with E-state index in [0.29, 0.717) is 28.2 Å². The molecule has 2 aromatic carbocycles. The van der Waals surface area contributed by atoms with Gasteiger partial charge in [0, 0.05) is 11.6 Å². The molecule has 0 radical (unpaired) electrons. The Bertz CT molecular complexity index is 1160. The van der Waals surface area contributed by atoms with Crippen LogP contribution in [0.4, 0.5) is 0 Å². The number of carbonyl (C=O) groups is 1. The van der Waals surface area contributed by atoms with Crippen molar-refractivity contribution in [3.63, 3.8) is 0 Å². The van der Waals surface area contributed by atoms with E-state index in [9.17, 15) is 14.4 Å². The normalized spacial score (nSPS) is 12.1. The molecule has 3 rings (SSSR count). The Balaban J connectivity index is 2.35. The van der Waals surface area contributed by atoms with Crippen LogP contribution in [0.15, 0.2) is 52.1 Å². The number of fused-ring (bicyclic) bond motifs is 1. The Morgan fingerprint density at radius 3 is 2.61 bits per heavy atom. The molecule has 6 nitrogen and oxygen atoms in total. The summed E-state index contributed by atoms with van der Waals surface area (Å²) in [5.41, 5.74) is 0.691. The van der Waals surface area contributed by atoms with E-state index in [1.54, 1.807) is 43.3 Å². The van der Waals surface area contributed by atoms with Crippen molar-refractivity contribution in [2.45, 2.75) is 33.2 Å². The number of amides is 1. The Kier molecular flexibility index (Phi) is 5.70. The van der Waals surface area contributed by atoms with Crippen LogP contribution in [-0.2, 0) is 4.79 Å². The van der Waals surface area contributed by atoms with Crippen LogP contribution in [0.2, 0.25) is 5.02 Å². The summed E-state index contributed by atoms with van der Waals surface area (Å²) in [5, 5.41) is 3.50. The van der Waals surface area contributed by atoms with Crippen LogP contribution in [0.25, 0.3) is 16.6 Å². The summed E-state index contributed by atoms with van der Waals surface area (Å²) < 4.78 is 2.43. The van der Waals surface area contributed by atoms with Crippen molar-refractivity contribution in [2.24, 2.45) is 0 Å². The highest BCUT2D eigenvalue weighted by Crippen LogP contribution is 2.19. The highest BCUT2D eigenvalue weighted by Gasteiger charge is 2.22. The fraction of sp³-hybridized carbons (Fsp3) is 0.286. The molecule has 1 unspecified atom stereocenters. The third kappa shape index (κ3) is 3.60. The van der Waals surface area contributed by atoms with Crippen LogP contribution < -0.4 is 16.6 Å². The maximum absolute atomic E-state index is 13.3. The molecule has 0 aliphatic carbocycles. The van der Waals surface area contributed by atoms with Gasteiger partial charge in [0.2, 0.25) is 5.91 Å². The van der Waals surface area contributed by atoms with E-state index in [0.717, 1.165) is 16.6 Å². The van der Waals surface area contributed by atoms with E-state index in [1.165, 1.54) is 4.57 Å². The van der Waals surface area contributed by atoms with Crippen molar-refractivity contribution in [3.8, 4) is 5.69 Å². The molecule has 7 heteroatoms. The molecule has 0 aliphatic rings. The van der Waals surface area contributed by atoms with Gasteiger partial charge in [-0.25, -0.2) is 9.36 Å². The fourth-order valence-corrected chi connectivity index (χ4v) is 3.35. The van der Waals surface area contributed by atoms with E-state index in [1.807, 2.05) is 19.9 Å².